The van der Waals surface area contributed by atoms with Crippen molar-refractivity contribution in [3.8, 4) is 0 Å². The highest BCUT2D eigenvalue weighted by atomic mass is 19.4. The summed E-state index contributed by atoms with van der Waals surface area (Å²) in [6, 6.07) is 0. The van der Waals surface area contributed by atoms with Crippen molar-refractivity contribution in [3.05, 3.63) is 11.1 Å². The molecule has 0 fully saturated rings. The zero-order valence-corrected chi connectivity index (χ0v) is 8.27. The lowest BCUT2D eigenvalue weighted by atomic mass is 10.0. The number of alkyl halides is 5. The molecule has 0 aliphatic carbocycles. The molecule has 0 saturated heterocycles. The predicted octanol–water partition coefficient (Wildman–Crippen LogP) is 0.725. The Morgan fingerprint density at radius 1 is 1.18 bits per heavy atom. The van der Waals surface area contributed by atoms with E-state index < -0.39 is 41.6 Å². The number of carbonyl (C=O) groups excluding carboxylic acids is 1. The maximum atomic E-state index is 12.7. The van der Waals surface area contributed by atoms with Gasteiger partial charge in [0.25, 0.3) is 0 Å². The second kappa shape index (κ2) is 4.68. The van der Waals surface area contributed by atoms with Crippen LogP contribution in [0.4, 0.5) is 22.0 Å². The molecule has 1 N–H and O–H groups in total. The molecule has 0 spiro atoms. The van der Waals surface area contributed by atoms with Crippen LogP contribution in [0.25, 0.3) is 0 Å². The van der Waals surface area contributed by atoms with Crippen molar-refractivity contribution in [1.29, 1.82) is 0 Å². The summed E-state index contributed by atoms with van der Waals surface area (Å²) >= 11 is 0. The van der Waals surface area contributed by atoms with E-state index in [1.54, 1.807) is 0 Å². The molecular formula is C8H6F5O4-. The first-order valence-electron chi connectivity index (χ1n) is 3.99. The molecule has 0 radical (unpaired) electrons. The van der Waals surface area contributed by atoms with Gasteiger partial charge in [0.1, 0.15) is 0 Å². The molecule has 0 atom stereocenters. The highest BCUT2D eigenvalue weighted by Gasteiger charge is 2.59. The van der Waals surface area contributed by atoms with E-state index in [1.807, 2.05) is 0 Å². The first-order chi connectivity index (χ1) is 7.41. The van der Waals surface area contributed by atoms with Crippen molar-refractivity contribution in [1.82, 2.24) is 0 Å². The molecule has 0 aliphatic heterocycles. The fourth-order valence-electron chi connectivity index (χ4n) is 0.911. The van der Waals surface area contributed by atoms with Gasteiger partial charge in [-0.1, -0.05) is 0 Å². The van der Waals surface area contributed by atoms with Crippen molar-refractivity contribution < 1.29 is 41.8 Å². The van der Waals surface area contributed by atoms with Gasteiger partial charge in [-0.15, -0.1) is 0 Å². The Hall–Kier alpha value is -1.67. The molecule has 4 nitrogen and oxygen atoms in total. The standard InChI is InChI=1S/C8H7F5O4/c1-3(7(9,10)8(11,12)13)4(6(16)17)2-5(14)15/h2H2,1H3,(H,14,15)(H,16,17)/p-1. The van der Waals surface area contributed by atoms with E-state index in [0.717, 1.165) is 0 Å². The minimum atomic E-state index is -6.00. The summed E-state index contributed by atoms with van der Waals surface area (Å²) in [4.78, 5) is 20.5. The van der Waals surface area contributed by atoms with Crippen LogP contribution in [0.15, 0.2) is 11.1 Å². The van der Waals surface area contributed by atoms with E-state index in [4.69, 9.17) is 5.11 Å². The third kappa shape index (κ3) is 3.40. The van der Waals surface area contributed by atoms with Crippen LogP contribution in [-0.2, 0) is 9.59 Å². The van der Waals surface area contributed by atoms with Crippen LogP contribution in [0.5, 0.6) is 0 Å². The summed E-state index contributed by atoms with van der Waals surface area (Å²) < 4.78 is 61.1. The number of carbonyl (C=O) groups is 2. The molecule has 0 heterocycles. The molecule has 0 amide bonds. The van der Waals surface area contributed by atoms with Gasteiger partial charge in [-0.3, -0.25) is 4.79 Å². The number of allylic oxidation sites excluding steroid dienone is 1. The second-order valence-electron chi connectivity index (χ2n) is 3.03. The molecule has 17 heavy (non-hydrogen) atoms. The number of carboxylic acids is 2. The van der Waals surface area contributed by atoms with Gasteiger partial charge in [0.15, 0.2) is 0 Å². The zero-order valence-electron chi connectivity index (χ0n) is 8.27. The highest BCUT2D eigenvalue weighted by molar-refractivity contribution is 5.91. The molecular weight excluding hydrogens is 255 g/mol. The SMILES string of the molecule is CC(=C(CC(=O)O)C(=O)[O-])C(F)(F)C(F)(F)F. The number of hydrogen-bond donors (Lipinski definition) is 1. The fraction of sp³-hybridized carbons (Fsp3) is 0.500. The lowest BCUT2D eigenvalue weighted by molar-refractivity contribution is -0.300. The third-order valence-electron chi connectivity index (χ3n) is 1.85. The Kier molecular flexibility index (Phi) is 4.22. The third-order valence-corrected chi connectivity index (χ3v) is 1.85. The molecule has 0 saturated carbocycles. The van der Waals surface area contributed by atoms with Gasteiger partial charge in [-0.2, -0.15) is 22.0 Å². The van der Waals surface area contributed by atoms with Crippen LogP contribution in [0.1, 0.15) is 13.3 Å². The monoisotopic (exact) mass is 261 g/mol. The number of carboxylic acid groups (broad SMARTS) is 2. The molecule has 98 valence electrons. The summed E-state index contributed by atoms with van der Waals surface area (Å²) in [5.74, 6) is -9.66. The Morgan fingerprint density at radius 2 is 1.59 bits per heavy atom. The number of aliphatic carboxylic acids is 2. The second-order valence-corrected chi connectivity index (χ2v) is 3.03. The molecule has 0 aromatic heterocycles. The van der Waals surface area contributed by atoms with Crippen molar-refractivity contribution in [2.45, 2.75) is 25.4 Å². The quantitative estimate of drug-likeness (QED) is 0.597. The minimum absolute atomic E-state index is 0.196. The van der Waals surface area contributed by atoms with Crippen molar-refractivity contribution in [2.75, 3.05) is 0 Å². The van der Waals surface area contributed by atoms with Crippen LogP contribution in [0, 0.1) is 0 Å². The molecule has 0 aromatic rings. The maximum absolute atomic E-state index is 12.7. The van der Waals surface area contributed by atoms with Gasteiger partial charge < -0.3 is 15.0 Å². The normalized spacial score (nSPS) is 14.2. The Balaban J connectivity index is 5.65. The largest absolute Gasteiger partial charge is 0.545 e. The van der Waals surface area contributed by atoms with E-state index in [-0.39, 0.29) is 6.92 Å². The molecule has 9 heteroatoms. The minimum Gasteiger partial charge on any atom is -0.545 e. The van der Waals surface area contributed by atoms with Crippen LogP contribution in [0.2, 0.25) is 0 Å². The number of rotatable bonds is 4. The lowest BCUT2D eigenvalue weighted by Gasteiger charge is -2.23. The molecule has 0 aromatic carbocycles. The van der Waals surface area contributed by atoms with Crippen LogP contribution in [0.3, 0.4) is 0 Å². The molecule has 0 bridgehead atoms. The van der Waals surface area contributed by atoms with E-state index in [1.165, 1.54) is 0 Å². The average molecular weight is 261 g/mol. The fourth-order valence-corrected chi connectivity index (χ4v) is 0.911. The van der Waals surface area contributed by atoms with Gasteiger partial charge >= 0.3 is 18.1 Å². The molecule has 0 unspecified atom stereocenters. The van der Waals surface area contributed by atoms with E-state index in [9.17, 15) is 36.6 Å². The summed E-state index contributed by atoms with van der Waals surface area (Å²) in [7, 11) is 0. The van der Waals surface area contributed by atoms with E-state index >= 15 is 0 Å². The van der Waals surface area contributed by atoms with E-state index in [2.05, 4.69) is 0 Å². The van der Waals surface area contributed by atoms with Crippen LogP contribution in [-0.4, -0.2) is 29.1 Å². The number of halogens is 5. The van der Waals surface area contributed by atoms with Crippen LogP contribution < -0.4 is 5.11 Å². The summed E-state index contributed by atoms with van der Waals surface area (Å²) in [6.45, 7) is 0.196. The smallest absolute Gasteiger partial charge is 0.457 e. The molecule has 0 aliphatic rings. The number of hydrogen-bond acceptors (Lipinski definition) is 3. The first-order valence-corrected chi connectivity index (χ1v) is 3.99. The van der Waals surface area contributed by atoms with Gasteiger partial charge in [-0.25, -0.2) is 0 Å². The summed E-state index contributed by atoms with van der Waals surface area (Å²) in [5.41, 5.74) is -3.49. The van der Waals surface area contributed by atoms with Gasteiger partial charge in [0, 0.05) is 5.57 Å². The average Bonchev–Trinajstić information content (AvgIpc) is 2.10. The van der Waals surface area contributed by atoms with Crippen molar-refractivity contribution in [2.24, 2.45) is 0 Å². The highest BCUT2D eigenvalue weighted by Crippen LogP contribution is 2.42. The van der Waals surface area contributed by atoms with Gasteiger partial charge in [0.2, 0.25) is 0 Å². The summed E-state index contributed by atoms with van der Waals surface area (Å²) in [5, 5.41) is 18.5. The Labute approximate surface area is 91.3 Å². The van der Waals surface area contributed by atoms with Gasteiger partial charge in [0.05, 0.1) is 12.4 Å². The zero-order chi connectivity index (χ0) is 14.0. The van der Waals surface area contributed by atoms with Crippen LogP contribution >= 0.6 is 0 Å². The van der Waals surface area contributed by atoms with E-state index in [0.29, 0.717) is 0 Å². The Morgan fingerprint density at radius 3 is 1.82 bits per heavy atom. The maximum Gasteiger partial charge on any atom is 0.457 e. The first kappa shape index (κ1) is 15.3. The predicted molar refractivity (Wildman–Crippen MR) is 41.0 cm³/mol. The van der Waals surface area contributed by atoms with Crippen molar-refractivity contribution >= 4 is 11.9 Å². The molecule has 0 rings (SSSR count). The Bertz CT molecular complexity index is 369. The lowest BCUT2D eigenvalue weighted by Crippen LogP contribution is -2.40. The van der Waals surface area contributed by atoms with Crippen molar-refractivity contribution in [3.63, 3.8) is 0 Å². The topological polar surface area (TPSA) is 77.4 Å². The van der Waals surface area contributed by atoms with Gasteiger partial charge in [-0.05, 0) is 12.5 Å². The summed E-state index contributed by atoms with van der Waals surface area (Å²) in [6.07, 6.45) is -7.49.